The lowest BCUT2D eigenvalue weighted by Crippen LogP contribution is -2.18. The summed E-state index contributed by atoms with van der Waals surface area (Å²) in [5, 5.41) is 0. The Morgan fingerprint density at radius 1 is 0.714 bits per heavy atom. The van der Waals surface area contributed by atoms with Crippen LogP contribution in [0.4, 0.5) is 0 Å². The largest absolute Gasteiger partial charge is 0.497 e. The van der Waals surface area contributed by atoms with Crippen molar-refractivity contribution in [2.24, 2.45) is 0 Å². The van der Waals surface area contributed by atoms with Crippen LogP contribution in [0.3, 0.4) is 0 Å². The monoisotopic (exact) mass is 371 g/mol. The van der Waals surface area contributed by atoms with Crippen molar-refractivity contribution < 1.29 is 14.3 Å². The van der Waals surface area contributed by atoms with Crippen LogP contribution in [0.1, 0.15) is 27.0 Å². The summed E-state index contributed by atoms with van der Waals surface area (Å²) in [4.78, 5) is 14.6. The molecular weight excluding hydrogens is 350 g/mol. The fourth-order valence-corrected chi connectivity index (χ4v) is 3.60. The number of hydrogen-bond acceptors (Lipinski definition) is 3. The lowest BCUT2D eigenvalue weighted by Gasteiger charge is -2.19. The molecule has 1 heterocycles. The number of benzene rings is 3. The number of amides is 1. The zero-order valence-electron chi connectivity index (χ0n) is 16.1. The Balaban J connectivity index is 1.99. The maximum atomic E-state index is 12.8. The van der Waals surface area contributed by atoms with Crippen molar-refractivity contribution in [1.29, 1.82) is 0 Å². The van der Waals surface area contributed by atoms with Gasteiger partial charge in [0.2, 0.25) is 0 Å². The molecule has 4 heteroatoms. The van der Waals surface area contributed by atoms with E-state index in [-0.39, 0.29) is 5.91 Å². The van der Waals surface area contributed by atoms with E-state index in [0.29, 0.717) is 0 Å². The van der Waals surface area contributed by atoms with Crippen LogP contribution in [0.2, 0.25) is 0 Å². The van der Waals surface area contributed by atoms with Crippen molar-refractivity contribution in [3.63, 3.8) is 0 Å². The van der Waals surface area contributed by atoms with Crippen LogP contribution in [0, 0.1) is 0 Å². The first kappa shape index (κ1) is 17.9. The lowest BCUT2D eigenvalue weighted by molar-refractivity contribution is 0.0875. The fourth-order valence-electron chi connectivity index (χ4n) is 3.60. The number of fused-ring (bicyclic) bond motifs is 1. The minimum absolute atomic E-state index is 0.00474. The van der Waals surface area contributed by atoms with Crippen molar-refractivity contribution in [2.75, 3.05) is 21.3 Å². The highest BCUT2D eigenvalue weighted by molar-refractivity contribution is 6.15. The molecule has 1 aliphatic heterocycles. The molecule has 1 aliphatic rings. The molecule has 3 aromatic rings. The van der Waals surface area contributed by atoms with Crippen LogP contribution in [0.15, 0.2) is 72.8 Å². The van der Waals surface area contributed by atoms with E-state index >= 15 is 0 Å². The van der Waals surface area contributed by atoms with E-state index in [0.717, 1.165) is 45.0 Å². The smallest absolute Gasteiger partial charge is 0.258 e. The van der Waals surface area contributed by atoms with Gasteiger partial charge >= 0.3 is 0 Å². The Labute approximate surface area is 164 Å². The fraction of sp³-hybridized carbons (Fsp3) is 0.125. The molecule has 3 aromatic carbocycles. The third-order valence-electron chi connectivity index (χ3n) is 5.05. The van der Waals surface area contributed by atoms with Crippen LogP contribution in [0.25, 0.3) is 11.3 Å². The SMILES string of the molecule is COc1ccc(C(=C2c3ccccc3C(=O)N2C)c2ccc(OC)cc2)cc1. The lowest BCUT2D eigenvalue weighted by atomic mass is 9.93. The number of ether oxygens (including phenoxy) is 2. The van der Waals surface area contributed by atoms with Gasteiger partial charge in [0, 0.05) is 23.7 Å². The van der Waals surface area contributed by atoms with E-state index in [1.807, 2.05) is 79.8 Å². The molecule has 0 N–H and O–H groups in total. The zero-order chi connectivity index (χ0) is 19.7. The quantitative estimate of drug-likeness (QED) is 0.667. The van der Waals surface area contributed by atoms with Crippen molar-refractivity contribution in [1.82, 2.24) is 4.90 Å². The Bertz CT molecular complexity index is 1000. The van der Waals surface area contributed by atoms with Crippen LogP contribution in [-0.4, -0.2) is 32.1 Å². The van der Waals surface area contributed by atoms with Gasteiger partial charge in [-0.2, -0.15) is 0 Å². The van der Waals surface area contributed by atoms with Gasteiger partial charge in [0.15, 0.2) is 0 Å². The molecule has 4 nitrogen and oxygen atoms in total. The summed E-state index contributed by atoms with van der Waals surface area (Å²) >= 11 is 0. The van der Waals surface area contributed by atoms with E-state index in [1.54, 1.807) is 19.1 Å². The predicted octanol–water partition coefficient (Wildman–Crippen LogP) is 4.71. The summed E-state index contributed by atoms with van der Waals surface area (Å²) in [6.07, 6.45) is 0. The molecule has 0 radical (unpaired) electrons. The van der Waals surface area contributed by atoms with Gasteiger partial charge in [0.1, 0.15) is 11.5 Å². The molecule has 0 atom stereocenters. The molecular formula is C24H21NO3. The average molecular weight is 371 g/mol. The summed E-state index contributed by atoms with van der Waals surface area (Å²) < 4.78 is 10.6. The molecule has 0 bridgehead atoms. The maximum absolute atomic E-state index is 12.8. The van der Waals surface area contributed by atoms with Crippen molar-refractivity contribution in [3.8, 4) is 11.5 Å². The summed E-state index contributed by atoms with van der Waals surface area (Å²) in [5.74, 6) is 1.59. The minimum atomic E-state index is 0.00474. The number of carbonyl (C=O) groups is 1. The summed E-state index contributed by atoms with van der Waals surface area (Å²) in [5.41, 5.74) is 5.58. The second kappa shape index (κ2) is 7.24. The predicted molar refractivity (Wildman–Crippen MR) is 110 cm³/mol. The molecule has 28 heavy (non-hydrogen) atoms. The molecule has 0 fully saturated rings. The molecule has 0 saturated heterocycles. The van der Waals surface area contributed by atoms with Gasteiger partial charge in [-0.15, -0.1) is 0 Å². The molecule has 140 valence electrons. The third kappa shape index (κ3) is 2.93. The summed E-state index contributed by atoms with van der Waals surface area (Å²) in [7, 11) is 5.12. The Kier molecular flexibility index (Phi) is 4.62. The van der Waals surface area contributed by atoms with E-state index < -0.39 is 0 Å². The number of hydrogen-bond donors (Lipinski definition) is 0. The van der Waals surface area contributed by atoms with E-state index in [2.05, 4.69) is 0 Å². The Hall–Kier alpha value is -3.53. The van der Waals surface area contributed by atoms with Gasteiger partial charge in [0.25, 0.3) is 5.91 Å². The molecule has 0 aliphatic carbocycles. The van der Waals surface area contributed by atoms with Crippen LogP contribution in [0.5, 0.6) is 11.5 Å². The minimum Gasteiger partial charge on any atom is -0.497 e. The normalized spacial score (nSPS) is 12.8. The van der Waals surface area contributed by atoms with E-state index in [4.69, 9.17) is 9.47 Å². The van der Waals surface area contributed by atoms with Crippen LogP contribution >= 0.6 is 0 Å². The first-order valence-corrected chi connectivity index (χ1v) is 9.04. The maximum Gasteiger partial charge on any atom is 0.258 e. The molecule has 4 rings (SSSR count). The summed E-state index contributed by atoms with van der Waals surface area (Å²) in [6, 6.07) is 23.5. The van der Waals surface area contributed by atoms with Gasteiger partial charge < -0.3 is 14.4 Å². The molecule has 0 aromatic heterocycles. The first-order chi connectivity index (χ1) is 13.6. The standard InChI is InChI=1S/C24H21NO3/c1-25-23(20-6-4-5-7-21(20)24(25)26)22(16-8-12-18(27-2)13-9-16)17-10-14-19(28-3)15-11-17/h4-15H,1-3H3. The van der Waals surface area contributed by atoms with Gasteiger partial charge in [-0.05, 0) is 41.5 Å². The van der Waals surface area contributed by atoms with Crippen LogP contribution in [-0.2, 0) is 0 Å². The highest BCUT2D eigenvalue weighted by Crippen LogP contribution is 2.40. The number of nitrogens with zero attached hydrogens (tertiary/aromatic N) is 1. The highest BCUT2D eigenvalue weighted by Gasteiger charge is 2.32. The molecule has 0 saturated carbocycles. The third-order valence-corrected chi connectivity index (χ3v) is 5.05. The molecule has 0 spiro atoms. The highest BCUT2D eigenvalue weighted by atomic mass is 16.5. The van der Waals surface area contributed by atoms with Gasteiger partial charge in [-0.1, -0.05) is 42.5 Å². The zero-order valence-corrected chi connectivity index (χ0v) is 16.1. The Morgan fingerprint density at radius 3 is 1.64 bits per heavy atom. The number of rotatable bonds is 4. The van der Waals surface area contributed by atoms with E-state index in [9.17, 15) is 4.79 Å². The average Bonchev–Trinajstić information content (AvgIpc) is 3.00. The second-order valence-electron chi connectivity index (χ2n) is 6.59. The van der Waals surface area contributed by atoms with Crippen molar-refractivity contribution in [3.05, 3.63) is 95.1 Å². The Morgan fingerprint density at radius 2 is 1.18 bits per heavy atom. The summed E-state index contributed by atoms with van der Waals surface area (Å²) in [6.45, 7) is 0. The van der Waals surface area contributed by atoms with Gasteiger partial charge in [0.05, 0.1) is 19.9 Å². The number of methoxy groups -OCH3 is 2. The van der Waals surface area contributed by atoms with Crippen molar-refractivity contribution in [2.45, 2.75) is 0 Å². The molecule has 0 unspecified atom stereocenters. The van der Waals surface area contributed by atoms with Crippen molar-refractivity contribution >= 4 is 17.2 Å². The van der Waals surface area contributed by atoms with E-state index in [1.165, 1.54) is 0 Å². The first-order valence-electron chi connectivity index (χ1n) is 9.04. The van der Waals surface area contributed by atoms with Gasteiger partial charge in [-0.3, -0.25) is 4.79 Å². The van der Waals surface area contributed by atoms with Gasteiger partial charge in [-0.25, -0.2) is 0 Å². The molecule has 1 amide bonds. The topological polar surface area (TPSA) is 38.8 Å². The number of carbonyl (C=O) groups excluding carboxylic acids is 1. The second-order valence-corrected chi connectivity index (χ2v) is 6.59. The van der Waals surface area contributed by atoms with Crippen LogP contribution < -0.4 is 9.47 Å².